The van der Waals surface area contributed by atoms with Gasteiger partial charge in [0.1, 0.15) is 18.3 Å². The normalized spacial score (nSPS) is 11.9. The number of anilines is 1. The number of hydrogen-bond donors (Lipinski definition) is 1. The minimum atomic E-state index is -4.27. The highest BCUT2D eigenvalue weighted by Gasteiger charge is 2.33. The molecule has 2 amide bonds. The summed E-state index contributed by atoms with van der Waals surface area (Å²) < 4.78 is 33.6. The first-order chi connectivity index (χ1) is 18.9. The fourth-order valence-corrected chi connectivity index (χ4v) is 5.38. The third-order valence-electron chi connectivity index (χ3n) is 6.04. The maximum Gasteiger partial charge on any atom is 0.269 e. The van der Waals surface area contributed by atoms with Gasteiger partial charge in [-0.2, -0.15) is 0 Å². The average Bonchev–Trinajstić information content (AvgIpc) is 2.94. The molecule has 3 rings (SSSR count). The number of hydrogen-bond acceptors (Lipinski definition) is 7. The maximum absolute atomic E-state index is 13.9. The first-order valence-electron chi connectivity index (χ1n) is 12.5. The number of carbonyl (C=O) groups excluding carboxylic acids is 2. The molecule has 0 saturated heterocycles. The van der Waals surface area contributed by atoms with Crippen LogP contribution >= 0.6 is 0 Å². The number of non-ortho nitro benzene ring substituents is 1. The van der Waals surface area contributed by atoms with Crippen molar-refractivity contribution in [3.63, 3.8) is 0 Å². The number of ether oxygens (including phenoxy) is 1. The Balaban J connectivity index is 2.04. The van der Waals surface area contributed by atoms with Crippen molar-refractivity contribution in [1.82, 2.24) is 10.2 Å². The number of carbonyl (C=O) groups is 2. The first-order valence-corrected chi connectivity index (χ1v) is 13.9. The van der Waals surface area contributed by atoms with Crippen molar-refractivity contribution < 1.29 is 27.7 Å². The maximum atomic E-state index is 13.9. The number of nitrogens with zero attached hydrogens (tertiary/aromatic N) is 3. The molecule has 0 aliphatic rings. The van der Waals surface area contributed by atoms with Gasteiger partial charge in [0.2, 0.25) is 11.8 Å². The Morgan fingerprint density at radius 3 is 2.20 bits per heavy atom. The van der Waals surface area contributed by atoms with Crippen LogP contribution in [0.1, 0.15) is 26.3 Å². The van der Waals surface area contributed by atoms with Gasteiger partial charge >= 0.3 is 0 Å². The van der Waals surface area contributed by atoms with Crippen LogP contribution in [0.4, 0.5) is 11.4 Å². The van der Waals surface area contributed by atoms with Crippen LogP contribution in [0.2, 0.25) is 0 Å². The molecule has 212 valence electrons. The van der Waals surface area contributed by atoms with E-state index in [1.807, 2.05) is 0 Å². The van der Waals surface area contributed by atoms with Crippen molar-refractivity contribution in [1.29, 1.82) is 0 Å². The number of sulfonamides is 1. The lowest BCUT2D eigenvalue weighted by atomic mass is 10.1. The Hall–Kier alpha value is -4.45. The van der Waals surface area contributed by atoms with Crippen LogP contribution in [0.15, 0.2) is 83.8 Å². The zero-order valence-electron chi connectivity index (χ0n) is 22.7. The van der Waals surface area contributed by atoms with E-state index < -0.39 is 39.3 Å². The number of rotatable bonds is 12. The summed E-state index contributed by atoms with van der Waals surface area (Å²) in [6, 6.07) is 18.3. The molecule has 40 heavy (non-hydrogen) atoms. The second kappa shape index (κ2) is 13.1. The van der Waals surface area contributed by atoms with E-state index in [0.29, 0.717) is 11.3 Å². The number of nitrogens with one attached hydrogen (secondary N) is 1. The topological polar surface area (TPSA) is 139 Å². The fraction of sp³-hybridized carbons (Fsp3) is 0.286. The molecule has 0 aliphatic heterocycles. The summed E-state index contributed by atoms with van der Waals surface area (Å²) in [5.41, 5.74) is 0.499. The van der Waals surface area contributed by atoms with E-state index in [1.54, 1.807) is 63.2 Å². The lowest BCUT2D eigenvalue weighted by Crippen LogP contribution is -2.52. The van der Waals surface area contributed by atoms with Gasteiger partial charge < -0.3 is 15.0 Å². The third-order valence-corrected chi connectivity index (χ3v) is 7.83. The minimum absolute atomic E-state index is 0.00218. The predicted octanol–water partition coefficient (Wildman–Crippen LogP) is 3.74. The lowest BCUT2D eigenvalue weighted by molar-refractivity contribution is -0.384. The van der Waals surface area contributed by atoms with Crippen molar-refractivity contribution in [2.45, 2.75) is 44.3 Å². The van der Waals surface area contributed by atoms with Crippen LogP contribution in [0.3, 0.4) is 0 Å². The molecule has 1 N–H and O–H groups in total. The molecule has 3 aromatic carbocycles. The monoisotopic (exact) mass is 568 g/mol. The van der Waals surface area contributed by atoms with Gasteiger partial charge in [-0.15, -0.1) is 0 Å². The predicted molar refractivity (Wildman–Crippen MR) is 150 cm³/mol. The van der Waals surface area contributed by atoms with Crippen LogP contribution in [-0.4, -0.2) is 55.8 Å². The zero-order chi connectivity index (χ0) is 29.4. The smallest absolute Gasteiger partial charge is 0.269 e. The van der Waals surface area contributed by atoms with Crippen molar-refractivity contribution in [2.24, 2.45) is 0 Å². The van der Waals surface area contributed by atoms with Crippen LogP contribution < -0.4 is 14.4 Å². The standard InChI is InChI=1S/C28H32N4O7S/c1-20(2)29-28(34)21(3)30(18-22-9-8-10-25(17-22)39-4)27(33)19-31(23-13-15-24(16-14-23)32(35)36)40(37,38)26-11-6-5-7-12-26/h5-17,20-21H,18-19H2,1-4H3,(H,29,34)/t21-/m0/s1. The van der Waals surface area contributed by atoms with Gasteiger partial charge in [0, 0.05) is 24.7 Å². The van der Waals surface area contributed by atoms with E-state index in [-0.39, 0.29) is 28.9 Å². The van der Waals surface area contributed by atoms with Crippen molar-refractivity contribution in [3.05, 3.63) is 94.5 Å². The van der Waals surface area contributed by atoms with Gasteiger partial charge in [-0.3, -0.25) is 24.0 Å². The fourth-order valence-electron chi connectivity index (χ4n) is 3.94. The van der Waals surface area contributed by atoms with Crippen LogP contribution in [0, 0.1) is 10.1 Å². The molecule has 3 aromatic rings. The third kappa shape index (κ3) is 7.35. The largest absolute Gasteiger partial charge is 0.497 e. The van der Waals surface area contributed by atoms with Gasteiger partial charge in [-0.05, 0) is 62.7 Å². The SMILES string of the molecule is COc1cccc(CN(C(=O)CN(c2ccc([N+](=O)[O-])cc2)S(=O)(=O)c2ccccc2)[C@@H](C)C(=O)NC(C)C)c1. The summed E-state index contributed by atoms with van der Waals surface area (Å²) in [6.07, 6.45) is 0. The van der Waals surface area contributed by atoms with E-state index in [4.69, 9.17) is 4.74 Å². The molecule has 0 bridgehead atoms. The van der Waals surface area contributed by atoms with Crippen LogP contribution in [0.25, 0.3) is 0 Å². The number of methoxy groups -OCH3 is 1. The van der Waals surface area contributed by atoms with Crippen molar-refractivity contribution in [3.8, 4) is 5.75 Å². The molecule has 0 saturated carbocycles. The Morgan fingerprint density at radius 1 is 0.975 bits per heavy atom. The van der Waals surface area contributed by atoms with Crippen LogP contribution in [0.5, 0.6) is 5.75 Å². The summed E-state index contributed by atoms with van der Waals surface area (Å²) in [7, 11) is -2.76. The Labute approximate surface area is 233 Å². The highest BCUT2D eigenvalue weighted by atomic mass is 32.2. The number of amides is 2. The lowest BCUT2D eigenvalue weighted by Gasteiger charge is -2.32. The van der Waals surface area contributed by atoms with Crippen molar-refractivity contribution >= 4 is 33.2 Å². The van der Waals surface area contributed by atoms with E-state index in [0.717, 1.165) is 4.31 Å². The van der Waals surface area contributed by atoms with Crippen LogP contribution in [-0.2, 0) is 26.2 Å². The van der Waals surface area contributed by atoms with E-state index in [9.17, 15) is 28.1 Å². The molecule has 0 heterocycles. The van der Waals surface area contributed by atoms with Gasteiger partial charge in [-0.1, -0.05) is 30.3 Å². The molecule has 12 heteroatoms. The molecule has 0 unspecified atom stereocenters. The minimum Gasteiger partial charge on any atom is -0.497 e. The Bertz CT molecular complexity index is 1440. The molecule has 0 radical (unpaired) electrons. The number of nitro groups is 1. The second-order valence-electron chi connectivity index (χ2n) is 9.31. The Kier molecular flexibility index (Phi) is 9.83. The molecular weight excluding hydrogens is 536 g/mol. The molecule has 0 aromatic heterocycles. The molecule has 0 aliphatic carbocycles. The summed E-state index contributed by atoms with van der Waals surface area (Å²) in [4.78, 5) is 38.6. The van der Waals surface area contributed by atoms with Crippen molar-refractivity contribution in [2.75, 3.05) is 18.0 Å². The summed E-state index contributed by atoms with van der Waals surface area (Å²) in [6.45, 7) is 4.50. The van der Waals surface area contributed by atoms with Gasteiger partial charge in [-0.25, -0.2) is 8.42 Å². The molecule has 0 spiro atoms. The highest BCUT2D eigenvalue weighted by molar-refractivity contribution is 7.92. The van der Waals surface area contributed by atoms with Gasteiger partial charge in [0.15, 0.2) is 0 Å². The zero-order valence-corrected chi connectivity index (χ0v) is 23.5. The average molecular weight is 569 g/mol. The molecule has 0 fully saturated rings. The second-order valence-corrected chi connectivity index (χ2v) is 11.2. The van der Waals surface area contributed by atoms with E-state index in [1.165, 1.54) is 48.4 Å². The Morgan fingerprint density at radius 2 is 1.62 bits per heavy atom. The summed E-state index contributed by atoms with van der Waals surface area (Å²) in [5, 5.41) is 14.0. The summed E-state index contributed by atoms with van der Waals surface area (Å²) in [5.74, 6) is -0.491. The molecule has 1 atom stereocenters. The quantitative estimate of drug-likeness (QED) is 0.259. The van der Waals surface area contributed by atoms with E-state index in [2.05, 4.69) is 5.32 Å². The van der Waals surface area contributed by atoms with Gasteiger partial charge in [0.25, 0.3) is 15.7 Å². The van der Waals surface area contributed by atoms with Gasteiger partial charge in [0.05, 0.1) is 22.6 Å². The number of benzene rings is 3. The molecular formula is C28H32N4O7S. The summed E-state index contributed by atoms with van der Waals surface area (Å²) >= 11 is 0. The first kappa shape index (κ1) is 30.1. The highest BCUT2D eigenvalue weighted by Crippen LogP contribution is 2.26. The number of nitro benzene ring substituents is 1. The molecule has 11 nitrogen and oxygen atoms in total. The van der Waals surface area contributed by atoms with E-state index >= 15 is 0 Å².